The summed E-state index contributed by atoms with van der Waals surface area (Å²) in [5, 5.41) is 2.64. The van der Waals surface area contributed by atoms with Gasteiger partial charge in [-0.25, -0.2) is 8.42 Å². The molecule has 2 aromatic rings. The van der Waals surface area contributed by atoms with E-state index in [9.17, 15) is 13.2 Å². The van der Waals surface area contributed by atoms with Crippen LogP contribution in [0.15, 0.2) is 23.1 Å². The smallest absolute Gasteiger partial charge is 0.243 e. The number of hydrogen-bond acceptors (Lipinski definition) is 6. The topological polar surface area (TPSA) is 101 Å². The van der Waals surface area contributed by atoms with Crippen LogP contribution in [0.2, 0.25) is 0 Å². The van der Waals surface area contributed by atoms with E-state index in [-0.39, 0.29) is 16.7 Å². The molecule has 0 fully saturated rings. The number of sulfonamides is 1. The van der Waals surface area contributed by atoms with Crippen LogP contribution < -0.4 is 10.0 Å². The lowest BCUT2D eigenvalue weighted by Gasteiger charge is -2.21. The number of carbonyl (C=O) groups is 1. The largest absolute Gasteiger partial charge is 0.355 e. The Morgan fingerprint density at radius 1 is 1.32 bits per heavy atom. The van der Waals surface area contributed by atoms with Crippen molar-refractivity contribution in [2.24, 2.45) is 5.92 Å². The van der Waals surface area contributed by atoms with Gasteiger partial charge in [-0.05, 0) is 25.0 Å². The maximum atomic E-state index is 12.6. The molecule has 1 aromatic heterocycles. The number of benzene rings is 1. The van der Waals surface area contributed by atoms with E-state index < -0.39 is 16.1 Å². The Labute approximate surface area is 133 Å². The molecule has 2 N–H and O–H groups in total. The lowest BCUT2D eigenvalue weighted by Crippen LogP contribution is -2.49. The van der Waals surface area contributed by atoms with E-state index in [1.165, 1.54) is 6.07 Å². The van der Waals surface area contributed by atoms with Gasteiger partial charge in [0.1, 0.15) is 22.0 Å². The average Bonchev–Trinajstić information content (AvgIpc) is 2.92. The highest BCUT2D eigenvalue weighted by molar-refractivity contribution is 7.89. The summed E-state index contributed by atoms with van der Waals surface area (Å²) in [5.41, 5.74) is 0.838. The fraction of sp³-hybridized carbons (Fsp3) is 0.462. The Kier molecular flexibility index (Phi) is 5.09. The number of fused-ring (bicyclic) bond motifs is 1. The van der Waals surface area contributed by atoms with Gasteiger partial charge in [0.25, 0.3) is 0 Å². The van der Waals surface area contributed by atoms with Gasteiger partial charge in [-0.2, -0.15) is 13.5 Å². The molecule has 1 aromatic carbocycles. The summed E-state index contributed by atoms with van der Waals surface area (Å²) in [6.45, 7) is 5.79. The van der Waals surface area contributed by atoms with Crippen molar-refractivity contribution in [1.82, 2.24) is 18.8 Å². The van der Waals surface area contributed by atoms with Crippen molar-refractivity contribution in [3.05, 3.63) is 18.2 Å². The van der Waals surface area contributed by atoms with Crippen LogP contribution in [-0.4, -0.2) is 35.7 Å². The predicted molar refractivity (Wildman–Crippen MR) is 85.0 cm³/mol. The third-order valence-corrected chi connectivity index (χ3v) is 5.14. The Morgan fingerprint density at radius 3 is 2.68 bits per heavy atom. The van der Waals surface area contributed by atoms with E-state index in [4.69, 9.17) is 0 Å². The second-order valence-electron chi connectivity index (χ2n) is 5.13. The number of rotatable bonds is 6. The van der Waals surface area contributed by atoms with Gasteiger partial charge in [0, 0.05) is 6.54 Å². The van der Waals surface area contributed by atoms with Crippen LogP contribution in [0, 0.1) is 5.92 Å². The van der Waals surface area contributed by atoms with Crippen LogP contribution in [0.3, 0.4) is 0 Å². The van der Waals surface area contributed by atoms with Crippen molar-refractivity contribution in [3.63, 3.8) is 0 Å². The standard InChI is InChI=1S/C13H18N4O3S2/c1-4-14-13(18)11(8(2)3)17-22(19,20)10-7-5-6-9-12(10)16-21-15-9/h5-8,11,17H,4H2,1-3H3,(H,14,18)/t11-/m0/s1. The zero-order valence-corrected chi connectivity index (χ0v) is 14.2. The van der Waals surface area contributed by atoms with Crippen molar-refractivity contribution in [2.75, 3.05) is 6.54 Å². The molecular weight excluding hydrogens is 324 g/mol. The number of amides is 1. The fourth-order valence-electron chi connectivity index (χ4n) is 2.01. The van der Waals surface area contributed by atoms with E-state index in [0.717, 1.165) is 11.7 Å². The minimum Gasteiger partial charge on any atom is -0.355 e. The third-order valence-electron chi connectivity index (χ3n) is 3.12. The average molecular weight is 342 g/mol. The number of nitrogens with one attached hydrogen (secondary N) is 2. The zero-order chi connectivity index (χ0) is 16.3. The minimum absolute atomic E-state index is 0.0358. The maximum Gasteiger partial charge on any atom is 0.243 e. The van der Waals surface area contributed by atoms with Crippen LogP contribution >= 0.6 is 11.7 Å². The minimum atomic E-state index is -3.87. The highest BCUT2D eigenvalue weighted by atomic mass is 32.2. The van der Waals surface area contributed by atoms with Gasteiger partial charge in [0.2, 0.25) is 15.9 Å². The predicted octanol–water partition coefficient (Wildman–Crippen LogP) is 1.13. The first-order valence-corrected chi connectivity index (χ1v) is 9.09. The second-order valence-corrected chi connectivity index (χ2v) is 7.34. The SMILES string of the molecule is CCNC(=O)[C@@H](NS(=O)(=O)c1cccc2nsnc12)C(C)C. The van der Waals surface area contributed by atoms with Crippen molar-refractivity contribution in [2.45, 2.75) is 31.7 Å². The van der Waals surface area contributed by atoms with Gasteiger partial charge in [0.15, 0.2) is 0 Å². The number of carbonyl (C=O) groups excluding carboxylic acids is 1. The third kappa shape index (κ3) is 3.42. The molecule has 7 nitrogen and oxygen atoms in total. The lowest BCUT2D eigenvalue weighted by molar-refractivity contribution is -0.123. The molecule has 0 saturated carbocycles. The van der Waals surface area contributed by atoms with Crippen LogP contribution in [0.5, 0.6) is 0 Å². The molecule has 0 aliphatic heterocycles. The molecule has 120 valence electrons. The Bertz CT molecular complexity index is 770. The number of hydrogen-bond donors (Lipinski definition) is 2. The van der Waals surface area contributed by atoms with Crippen molar-refractivity contribution in [1.29, 1.82) is 0 Å². The molecule has 9 heteroatoms. The first-order chi connectivity index (χ1) is 10.4. The monoisotopic (exact) mass is 342 g/mol. The molecule has 0 bridgehead atoms. The van der Waals surface area contributed by atoms with Crippen molar-refractivity contribution < 1.29 is 13.2 Å². The molecule has 0 aliphatic rings. The molecule has 0 radical (unpaired) electrons. The van der Waals surface area contributed by atoms with E-state index in [1.807, 2.05) is 0 Å². The summed E-state index contributed by atoms with van der Waals surface area (Å²) in [6.07, 6.45) is 0. The summed E-state index contributed by atoms with van der Waals surface area (Å²) in [6, 6.07) is 3.92. The first kappa shape index (κ1) is 16.8. The summed E-state index contributed by atoms with van der Waals surface area (Å²) >= 11 is 0.951. The first-order valence-electron chi connectivity index (χ1n) is 6.88. The normalized spacial score (nSPS) is 13.5. The van der Waals surface area contributed by atoms with Crippen LogP contribution in [0.25, 0.3) is 11.0 Å². The maximum absolute atomic E-state index is 12.6. The van der Waals surface area contributed by atoms with Gasteiger partial charge < -0.3 is 5.32 Å². The highest BCUT2D eigenvalue weighted by Gasteiger charge is 2.29. The summed E-state index contributed by atoms with van der Waals surface area (Å²) in [5.74, 6) is -0.529. The highest BCUT2D eigenvalue weighted by Crippen LogP contribution is 2.21. The van der Waals surface area contributed by atoms with Gasteiger partial charge in [-0.15, -0.1) is 0 Å². The second kappa shape index (κ2) is 6.67. The number of nitrogens with zero attached hydrogens (tertiary/aromatic N) is 2. The summed E-state index contributed by atoms with van der Waals surface area (Å²) in [4.78, 5) is 12.1. The van der Waals surface area contributed by atoms with Crippen LogP contribution in [0.1, 0.15) is 20.8 Å². The lowest BCUT2D eigenvalue weighted by atomic mass is 10.1. The molecule has 2 rings (SSSR count). The van der Waals surface area contributed by atoms with E-state index >= 15 is 0 Å². The molecule has 1 atom stereocenters. The van der Waals surface area contributed by atoms with Gasteiger partial charge in [0.05, 0.1) is 11.7 Å². The Balaban J connectivity index is 2.37. The fourth-order valence-corrected chi connectivity index (χ4v) is 4.12. The molecular formula is C13H18N4O3S2. The van der Waals surface area contributed by atoms with Crippen molar-refractivity contribution in [3.8, 4) is 0 Å². The molecule has 0 spiro atoms. The van der Waals surface area contributed by atoms with E-state index in [2.05, 4.69) is 18.8 Å². The molecule has 0 saturated heterocycles. The van der Waals surface area contributed by atoms with Gasteiger partial charge >= 0.3 is 0 Å². The quantitative estimate of drug-likeness (QED) is 0.819. The van der Waals surface area contributed by atoms with Gasteiger partial charge in [-0.1, -0.05) is 19.9 Å². The molecule has 1 amide bonds. The summed E-state index contributed by atoms with van der Waals surface area (Å²) < 4.78 is 35.8. The number of aromatic nitrogens is 2. The molecule has 0 aliphatic carbocycles. The molecule has 0 unspecified atom stereocenters. The number of likely N-dealkylation sites (N-methyl/N-ethyl adjacent to an activating group) is 1. The van der Waals surface area contributed by atoms with Crippen LogP contribution in [-0.2, 0) is 14.8 Å². The molecule has 22 heavy (non-hydrogen) atoms. The van der Waals surface area contributed by atoms with Crippen molar-refractivity contribution >= 4 is 38.7 Å². The van der Waals surface area contributed by atoms with Crippen LogP contribution in [0.4, 0.5) is 0 Å². The van der Waals surface area contributed by atoms with E-state index in [1.54, 1.807) is 32.9 Å². The Hall–Kier alpha value is -1.58. The summed E-state index contributed by atoms with van der Waals surface area (Å²) in [7, 11) is -3.87. The van der Waals surface area contributed by atoms with E-state index in [0.29, 0.717) is 17.6 Å². The Morgan fingerprint density at radius 2 is 2.05 bits per heavy atom. The molecule has 1 heterocycles. The zero-order valence-electron chi connectivity index (χ0n) is 12.5. The van der Waals surface area contributed by atoms with Gasteiger partial charge in [-0.3, -0.25) is 4.79 Å².